The molecule has 1 aromatic carbocycles. The third-order valence-corrected chi connectivity index (χ3v) is 5.42. The third-order valence-electron chi connectivity index (χ3n) is 3.53. The molecule has 4 rings (SSSR count). The molecule has 100 valence electrons. The van der Waals surface area contributed by atoms with Crippen LogP contribution in [0.25, 0.3) is 22.4 Å². The largest absolute Gasteiger partial charge is 0.337 e. The third kappa shape index (κ3) is 1.93. The van der Waals surface area contributed by atoms with E-state index in [1.54, 1.807) is 18.0 Å². The van der Waals surface area contributed by atoms with Crippen molar-refractivity contribution in [1.29, 1.82) is 0 Å². The molecule has 3 aromatic rings. The first-order valence-corrected chi connectivity index (χ1v) is 8.70. The zero-order valence-electron chi connectivity index (χ0n) is 11.0. The van der Waals surface area contributed by atoms with Crippen molar-refractivity contribution in [2.24, 2.45) is 0 Å². The predicted octanol–water partition coefficient (Wildman–Crippen LogP) is 4.00. The second-order valence-electron chi connectivity index (χ2n) is 4.74. The summed E-state index contributed by atoms with van der Waals surface area (Å²) in [5, 5.41) is 0. The van der Waals surface area contributed by atoms with Crippen LogP contribution in [0, 0.1) is 0 Å². The van der Waals surface area contributed by atoms with Gasteiger partial charge in [-0.1, -0.05) is 0 Å². The topological polar surface area (TPSA) is 41.6 Å². The van der Waals surface area contributed by atoms with E-state index < -0.39 is 0 Å². The quantitative estimate of drug-likeness (QED) is 0.726. The van der Waals surface area contributed by atoms with E-state index in [0.717, 1.165) is 23.3 Å². The normalized spacial score (nSPS) is 13.8. The lowest BCUT2D eigenvalue weighted by Crippen LogP contribution is -1.88. The van der Waals surface area contributed by atoms with Crippen molar-refractivity contribution < 1.29 is 0 Å². The molecule has 3 nitrogen and oxygen atoms in total. The molecule has 20 heavy (non-hydrogen) atoms. The summed E-state index contributed by atoms with van der Waals surface area (Å²) in [7, 11) is 0. The highest BCUT2D eigenvalue weighted by Gasteiger charge is 2.19. The second kappa shape index (κ2) is 4.82. The molecule has 0 atom stereocenters. The minimum atomic E-state index is 0.953. The van der Waals surface area contributed by atoms with Gasteiger partial charge in [-0.05, 0) is 36.4 Å². The van der Waals surface area contributed by atoms with Crippen LogP contribution >= 0.6 is 23.5 Å². The number of thioether (sulfide) groups is 2. The van der Waals surface area contributed by atoms with Gasteiger partial charge in [0, 0.05) is 27.3 Å². The van der Waals surface area contributed by atoms with Gasteiger partial charge in [-0.3, -0.25) is 4.98 Å². The maximum atomic E-state index is 4.72. The van der Waals surface area contributed by atoms with E-state index in [-0.39, 0.29) is 0 Å². The van der Waals surface area contributed by atoms with Crippen LogP contribution in [-0.2, 0) is 6.42 Å². The number of hydrogen-bond acceptors (Lipinski definition) is 4. The van der Waals surface area contributed by atoms with Crippen LogP contribution in [0.2, 0.25) is 0 Å². The van der Waals surface area contributed by atoms with E-state index >= 15 is 0 Å². The molecular weight excluding hydrogens is 286 g/mol. The summed E-state index contributed by atoms with van der Waals surface area (Å²) in [5.41, 5.74) is 4.65. The van der Waals surface area contributed by atoms with Crippen LogP contribution in [0.4, 0.5) is 0 Å². The average molecular weight is 299 g/mol. The van der Waals surface area contributed by atoms with Crippen molar-refractivity contribution >= 4 is 34.6 Å². The Bertz CT molecular complexity index is 762. The van der Waals surface area contributed by atoms with Crippen molar-refractivity contribution in [2.75, 3.05) is 12.0 Å². The van der Waals surface area contributed by atoms with Crippen LogP contribution in [0.3, 0.4) is 0 Å². The Morgan fingerprint density at radius 2 is 2.30 bits per heavy atom. The first-order valence-electron chi connectivity index (χ1n) is 6.49. The maximum absolute atomic E-state index is 4.72. The van der Waals surface area contributed by atoms with Crippen LogP contribution in [0.1, 0.15) is 5.56 Å². The molecule has 0 fully saturated rings. The second-order valence-corrected chi connectivity index (χ2v) is 6.72. The number of hydrogen-bond donors (Lipinski definition) is 1. The lowest BCUT2D eigenvalue weighted by atomic mass is 10.1. The summed E-state index contributed by atoms with van der Waals surface area (Å²) < 4.78 is 0. The fraction of sp³-hybridized carbons (Fsp3) is 0.200. The van der Waals surface area contributed by atoms with Crippen LogP contribution < -0.4 is 0 Å². The summed E-state index contributed by atoms with van der Waals surface area (Å²) >= 11 is 3.72. The van der Waals surface area contributed by atoms with Gasteiger partial charge in [0.15, 0.2) is 0 Å². The van der Waals surface area contributed by atoms with Crippen molar-refractivity contribution in [2.45, 2.75) is 16.2 Å². The van der Waals surface area contributed by atoms with E-state index in [0.29, 0.717) is 0 Å². The number of pyridine rings is 1. The summed E-state index contributed by atoms with van der Waals surface area (Å²) in [5.74, 6) is 2.12. The Balaban J connectivity index is 1.95. The molecule has 0 amide bonds. The number of aromatic nitrogens is 3. The maximum Gasteiger partial charge on any atom is 0.139 e. The molecule has 0 spiro atoms. The molecule has 0 saturated heterocycles. The summed E-state index contributed by atoms with van der Waals surface area (Å²) in [6, 6.07) is 6.50. The highest BCUT2D eigenvalue weighted by atomic mass is 32.2. The smallest absolute Gasteiger partial charge is 0.139 e. The highest BCUT2D eigenvalue weighted by Crippen LogP contribution is 2.41. The van der Waals surface area contributed by atoms with Gasteiger partial charge in [0.1, 0.15) is 5.82 Å². The minimum Gasteiger partial charge on any atom is -0.337 e. The number of H-pyrrole nitrogens is 1. The van der Waals surface area contributed by atoms with Crippen molar-refractivity contribution in [1.82, 2.24) is 15.0 Å². The van der Waals surface area contributed by atoms with Crippen molar-refractivity contribution in [3.8, 4) is 11.4 Å². The van der Waals surface area contributed by atoms with E-state index in [2.05, 4.69) is 28.4 Å². The van der Waals surface area contributed by atoms with Gasteiger partial charge in [-0.2, -0.15) is 0 Å². The Morgan fingerprint density at radius 3 is 3.15 bits per heavy atom. The summed E-state index contributed by atoms with van der Waals surface area (Å²) in [6.07, 6.45) is 6.89. The predicted molar refractivity (Wildman–Crippen MR) is 85.5 cm³/mol. The fourth-order valence-corrected chi connectivity index (χ4v) is 4.24. The molecule has 5 heteroatoms. The molecule has 1 aliphatic rings. The Hall–Kier alpha value is -1.46. The molecule has 1 N–H and O–H groups in total. The molecule has 0 unspecified atom stereocenters. The van der Waals surface area contributed by atoms with Gasteiger partial charge in [-0.15, -0.1) is 23.5 Å². The summed E-state index contributed by atoms with van der Waals surface area (Å²) in [4.78, 5) is 14.9. The zero-order chi connectivity index (χ0) is 13.5. The molecular formula is C15H13N3S2. The summed E-state index contributed by atoms with van der Waals surface area (Å²) in [6.45, 7) is 0. The number of nitrogens with zero attached hydrogens (tertiary/aromatic N) is 2. The van der Waals surface area contributed by atoms with E-state index in [4.69, 9.17) is 4.98 Å². The molecule has 0 aliphatic carbocycles. The average Bonchev–Trinajstić information content (AvgIpc) is 3.12. The number of aryl methyl sites for hydroxylation is 1. The van der Waals surface area contributed by atoms with E-state index in [9.17, 15) is 0 Å². The Labute approximate surface area is 125 Å². The van der Waals surface area contributed by atoms with Crippen molar-refractivity contribution in [3.63, 3.8) is 0 Å². The van der Waals surface area contributed by atoms with Gasteiger partial charge in [0.05, 0.1) is 17.2 Å². The number of aromatic amines is 1. The van der Waals surface area contributed by atoms with E-state index in [1.165, 1.54) is 26.7 Å². The highest BCUT2D eigenvalue weighted by molar-refractivity contribution is 7.99. The van der Waals surface area contributed by atoms with Crippen LogP contribution in [0.5, 0.6) is 0 Å². The van der Waals surface area contributed by atoms with Gasteiger partial charge in [-0.25, -0.2) is 4.98 Å². The number of nitrogens with one attached hydrogen (secondary N) is 1. The van der Waals surface area contributed by atoms with Crippen LogP contribution in [-0.4, -0.2) is 27.0 Å². The Morgan fingerprint density at radius 1 is 1.35 bits per heavy atom. The zero-order valence-corrected chi connectivity index (χ0v) is 12.6. The number of benzene rings is 1. The molecule has 2 aromatic heterocycles. The Kier molecular flexibility index (Phi) is 2.97. The van der Waals surface area contributed by atoms with Gasteiger partial charge in [0.25, 0.3) is 0 Å². The van der Waals surface area contributed by atoms with Gasteiger partial charge < -0.3 is 4.98 Å². The monoisotopic (exact) mass is 299 g/mol. The van der Waals surface area contributed by atoms with E-state index in [1.807, 2.05) is 24.0 Å². The molecule has 1 aliphatic heterocycles. The fourth-order valence-electron chi connectivity index (χ4n) is 2.56. The van der Waals surface area contributed by atoms with Gasteiger partial charge in [0.2, 0.25) is 0 Å². The van der Waals surface area contributed by atoms with Crippen LogP contribution in [0.15, 0.2) is 40.4 Å². The lowest BCUT2D eigenvalue weighted by molar-refractivity contribution is 1.12. The number of imidazole rings is 1. The SMILES string of the molecule is CSc1cc2c(c(-c3nc4ccncc4[nH]3)c1)SCC2. The van der Waals surface area contributed by atoms with Crippen molar-refractivity contribution in [3.05, 3.63) is 36.2 Å². The van der Waals surface area contributed by atoms with Gasteiger partial charge >= 0.3 is 0 Å². The molecule has 3 heterocycles. The lowest BCUT2D eigenvalue weighted by Gasteiger charge is -2.08. The first-order chi connectivity index (χ1) is 9.85. The number of fused-ring (bicyclic) bond motifs is 2. The molecule has 0 bridgehead atoms. The molecule has 0 saturated carbocycles. The first kappa shape index (κ1) is 12.3. The number of rotatable bonds is 2. The standard InChI is InChI=1S/C15H13N3S2/c1-19-10-6-9-3-5-20-14(9)11(7-10)15-17-12-2-4-16-8-13(12)18-15/h2,4,6-8H,3,5H2,1H3,(H,17,18). The minimum absolute atomic E-state index is 0.953. The molecule has 0 radical (unpaired) electrons.